The van der Waals surface area contributed by atoms with Crippen LogP contribution in [0.1, 0.15) is 11.1 Å². The molecule has 0 radical (unpaired) electrons. The fourth-order valence-electron chi connectivity index (χ4n) is 2.54. The summed E-state index contributed by atoms with van der Waals surface area (Å²) in [6.07, 6.45) is 4.35. The maximum Gasteiger partial charge on any atom is 0.271 e. The summed E-state index contributed by atoms with van der Waals surface area (Å²) in [7, 11) is -6.23. The lowest BCUT2D eigenvalue weighted by Gasteiger charge is -2.21. The maximum atomic E-state index is 13.3. The normalized spacial score (nSPS) is 12.2. The molecule has 1 aromatic heterocycles. The number of benzene rings is 2. The van der Waals surface area contributed by atoms with Gasteiger partial charge in [-0.3, -0.25) is 0 Å². The van der Waals surface area contributed by atoms with Crippen molar-refractivity contribution in [3.05, 3.63) is 78.0 Å². The molecule has 1 heterocycles. The lowest BCUT2D eigenvalue weighted by atomic mass is 10.2. The van der Waals surface area contributed by atoms with Crippen molar-refractivity contribution in [2.75, 3.05) is 12.5 Å². The Hall–Kier alpha value is -2.07. The highest BCUT2D eigenvalue weighted by Gasteiger charge is 2.28. The lowest BCUT2D eigenvalue weighted by Crippen LogP contribution is -2.30. The Morgan fingerprint density at radius 1 is 0.893 bits per heavy atom. The van der Waals surface area contributed by atoms with Gasteiger partial charge in [0.2, 0.25) is 4.34 Å². The fraction of sp³-hybridized carbons (Fsp3) is 0.211. The van der Waals surface area contributed by atoms with E-state index in [4.69, 9.17) is 0 Å². The summed E-state index contributed by atoms with van der Waals surface area (Å²) in [5, 5.41) is 0.341. The molecule has 0 fully saturated rings. The summed E-state index contributed by atoms with van der Waals surface area (Å²) in [5.41, 5.74) is 1.77. The van der Waals surface area contributed by atoms with E-state index >= 15 is 0 Å². The van der Waals surface area contributed by atoms with Gasteiger partial charge in [0.25, 0.3) is 10.0 Å². The number of hydrogen-bond donors (Lipinski definition) is 0. The van der Waals surface area contributed by atoms with E-state index in [1.54, 1.807) is 0 Å². The molecule has 148 valence electrons. The minimum absolute atomic E-state index is 0.0539. The first kappa shape index (κ1) is 20.7. The first-order valence-corrected chi connectivity index (χ1v) is 13.0. The van der Waals surface area contributed by atoms with Gasteiger partial charge in [-0.15, -0.1) is 0 Å². The molecule has 0 saturated carbocycles. The van der Waals surface area contributed by atoms with Crippen molar-refractivity contribution in [3.63, 3.8) is 0 Å². The highest BCUT2D eigenvalue weighted by molar-refractivity contribution is 7.92. The van der Waals surface area contributed by atoms with E-state index in [-0.39, 0.29) is 17.4 Å². The second-order valence-corrected chi connectivity index (χ2v) is 12.1. The predicted molar refractivity (Wildman–Crippen MR) is 114 cm³/mol. The minimum atomic E-state index is -3.84. The van der Waals surface area contributed by atoms with E-state index in [2.05, 4.69) is 9.35 Å². The molecule has 0 N–H and O–H groups in total. The van der Waals surface area contributed by atoms with Gasteiger partial charge in [-0.25, -0.2) is 17.6 Å². The van der Waals surface area contributed by atoms with Gasteiger partial charge in [-0.2, -0.15) is 8.67 Å². The molecule has 3 aromatic rings. The summed E-state index contributed by atoms with van der Waals surface area (Å²) < 4.78 is 43.8. The molecule has 6 nitrogen and oxygen atoms in total. The van der Waals surface area contributed by atoms with E-state index in [1.165, 1.54) is 23.0 Å². The monoisotopic (exact) mass is 435 g/mol. The zero-order valence-electron chi connectivity index (χ0n) is 15.6. The molecule has 0 spiro atoms. The van der Waals surface area contributed by atoms with Crippen LogP contribution in [-0.2, 0) is 32.8 Å². The molecule has 3 rings (SSSR count). The van der Waals surface area contributed by atoms with Crippen LogP contribution >= 0.6 is 11.3 Å². The van der Waals surface area contributed by atoms with Gasteiger partial charge in [0, 0.05) is 35.3 Å². The number of hydrogen-bond acceptors (Lipinski definition) is 6. The number of thiazole rings is 1. The van der Waals surface area contributed by atoms with E-state index in [9.17, 15) is 12.6 Å². The number of sulfonamides is 1. The van der Waals surface area contributed by atoms with Gasteiger partial charge < -0.3 is 0 Å². The van der Waals surface area contributed by atoms with Crippen LogP contribution < -0.4 is 0 Å². The van der Waals surface area contributed by atoms with E-state index in [0.29, 0.717) is 5.00 Å². The van der Waals surface area contributed by atoms with Crippen LogP contribution in [0.4, 0.5) is 5.00 Å². The molecular weight excluding hydrogens is 414 g/mol. The number of nitrogens with zero attached hydrogens (tertiary/aromatic N) is 3. The number of rotatable bonds is 7. The van der Waals surface area contributed by atoms with Gasteiger partial charge in [0.1, 0.15) is 5.00 Å². The Balaban J connectivity index is 1.97. The van der Waals surface area contributed by atoms with Crippen LogP contribution in [0.25, 0.3) is 0 Å². The van der Waals surface area contributed by atoms with Gasteiger partial charge in [-0.05, 0) is 11.1 Å². The third-order valence-electron chi connectivity index (χ3n) is 3.75. The summed E-state index contributed by atoms with van der Waals surface area (Å²) in [6.45, 7) is 0.449. The van der Waals surface area contributed by atoms with Gasteiger partial charge in [-0.1, -0.05) is 72.0 Å². The Morgan fingerprint density at radius 2 is 1.39 bits per heavy atom. The van der Waals surface area contributed by atoms with Crippen LogP contribution in [0, 0.1) is 0 Å². The maximum absolute atomic E-state index is 13.3. The Kier molecular flexibility index (Phi) is 6.29. The molecule has 9 heteroatoms. The Morgan fingerprint density at radius 3 is 1.86 bits per heavy atom. The van der Waals surface area contributed by atoms with Crippen LogP contribution in [0.2, 0.25) is 0 Å². The second-order valence-electron chi connectivity index (χ2n) is 6.48. The quantitative estimate of drug-likeness (QED) is 0.564. The highest BCUT2D eigenvalue weighted by Crippen LogP contribution is 2.30. The molecule has 0 saturated heterocycles. The van der Waals surface area contributed by atoms with Crippen molar-refractivity contribution < 1.29 is 12.6 Å². The average Bonchev–Trinajstić information content (AvgIpc) is 3.10. The van der Waals surface area contributed by atoms with Crippen molar-refractivity contribution in [1.29, 1.82) is 0 Å². The van der Waals surface area contributed by atoms with Gasteiger partial charge in [0.05, 0.1) is 6.20 Å². The van der Waals surface area contributed by atoms with Crippen LogP contribution in [-0.4, -0.2) is 34.4 Å². The second kappa shape index (κ2) is 8.52. The molecular formula is C19H21N3O3S3. The first-order chi connectivity index (χ1) is 13.2. The summed E-state index contributed by atoms with van der Waals surface area (Å²) in [6, 6.07) is 18.8. The molecule has 0 aliphatic rings. The largest absolute Gasteiger partial charge is 0.271 e. The molecule has 0 aliphatic heterocycles. The summed E-state index contributed by atoms with van der Waals surface area (Å²) >= 11 is 0.930. The van der Waals surface area contributed by atoms with Gasteiger partial charge in [0.15, 0.2) is 0 Å². The lowest BCUT2D eigenvalue weighted by molar-refractivity contribution is 0.401. The predicted octanol–water partition coefficient (Wildman–Crippen LogP) is 3.89. The molecule has 0 aliphatic carbocycles. The van der Waals surface area contributed by atoms with E-state index < -0.39 is 19.8 Å². The molecule has 0 bridgehead atoms. The van der Waals surface area contributed by atoms with Crippen LogP contribution in [0.5, 0.6) is 0 Å². The third kappa shape index (κ3) is 5.48. The zero-order chi connectivity index (χ0) is 20.2. The van der Waals surface area contributed by atoms with Crippen molar-refractivity contribution in [1.82, 2.24) is 9.29 Å². The van der Waals surface area contributed by atoms with E-state index in [1.807, 2.05) is 60.7 Å². The Bertz CT molecular complexity index is 1100. The van der Waals surface area contributed by atoms with Crippen molar-refractivity contribution in [2.24, 2.45) is 4.36 Å². The van der Waals surface area contributed by atoms with Gasteiger partial charge >= 0.3 is 0 Å². The third-order valence-corrected chi connectivity index (χ3v) is 7.55. The molecule has 0 unspecified atom stereocenters. The first-order valence-electron chi connectivity index (χ1n) is 8.45. The summed E-state index contributed by atoms with van der Waals surface area (Å²) in [5.74, 6) is 0. The Labute approximate surface area is 170 Å². The molecule has 28 heavy (non-hydrogen) atoms. The van der Waals surface area contributed by atoms with Crippen molar-refractivity contribution in [2.45, 2.75) is 17.4 Å². The SMILES string of the molecule is CS(C)(=O)=Nc1cnc(S(=O)(=O)N(Cc2ccccc2)Cc2ccccc2)s1. The van der Waals surface area contributed by atoms with E-state index in [0.717, 1.165) is 22.5 Å². The average molecular weight is 436 g/mol. The topological polar surface area (TPSA) is 79.7 Å². The molecule has 0 atom stereocenters. The van der Waals surface area contributed by atoms with Crippen LogP contribution in [0.15, 0.2) is 75.6 Å². The standard InChI is InChI=1S/C19H21N3O3S3/c1-27(2,23)21-18-13-20-19(26-18)28(24,25)22(14-16-9-5-3-6-10-16)15-17-11-7-4-8-12-17/h3-13H,14-15H2,1-2H3. The van der Waals surface area contributed by atoms with Crippen LogP contribution in [0.3, 0.4) is 0 Å². The van der Waals surface area contributed by atoms with Crippen molar-refractivity contribution >= 4 is 36.1 Å². The highest BCUT2D eigenvalue weighted by atomic mass is 32.2. The zero-order valence-corrected chi connectivity index (χ0v) is 18.0. The minimum Gasteiger partial charge on any atom is -0.250 e. The summed E-state index contributed by atoms with van der Waals surface area (Å²) in [4.78, 5) is 4.05. The molecule has 0 amide bonds. The smallest absolute Gasteiger partial charge is 0.250 e. The number of aromatic nitrogens is 1. The fourth-order valence-corrected chi connectivity index (χ4v) is 6.13. The molecule has 2 aromatic carbocycles. The van der Waals surface area contributed by atoms with Crippen molar-refractivity contribution in [3.8, 4) is 0 Å².